The van der Waals surface area contributed by atoms with Crippen molar-refractivity contribution in [3.8, 4) is 0 Å². The van der Waals surface area contributed by atoms with Crippen LogP contribution in [0.5, 0.6) is 0 Å². The standard InChI is InChI=1S/C32H37N3O/c1-30-8-6-22-13-27-24-14-25(24)28(35-17-23(33)18-35)15-31(27)9-10-32(22,36-31)29(30)5-4-26(30)20-3-2-19-7-11-34-16-21(19)12-20/h2-3,6-7,11-13,16,23-26,28-29H,4-5,8-10,14-15,17-18,33H2,1H3/t24-,25+,26+,28-,29+,30+,31+,32?/m0/s1. The van der Waals surface area contributed by atoms with E-state index in [0.29, 0.717) is 23.9 Å². The lowest BCUT2D eigenvalue weighted by atomic mass is 9.58. The van der Waals surface area contributed by atoms with Gasteiger partial charge in [-0.15, -0.1) is 0 Å². The molecule has 4 heteroatoms. The van der Waals surface area contributed by atoms with Crippen LogP contribution in [0.15, 0.2) is 60.0 Å². The van der Waals surface area contributed by atoms with Gasteiger partial charge in [-0.2, -0.15) is 0 Å². The molecule has 4 nitrogen and oxygen atoms in total. The number of fused-ring (bicyclic) bond motifs is 4. The number of benzene rings is 1. The first-order chi connectivity index (χ1) is 17.5. The number of rotatable bonds is 2. The molecule has 4 heterocycles. The molecule has 1 aromatic carbocycles. The first kappa shape index (κ1) is 21.0. The molecule has 3 saturated carbocycles. The van der Waals surface area contributed by atoms with Gasteiger partial charge in [-0.05, 0) is 108 Å². The van der Waals surface area contributed by atoms with Gasteiger partial charge >= 0.3 is 0 Å². The molecular formula is C32H37N3O. The predicted octanol–water partition coefficient (Wildman–Crippen LogP) is 5.34. The molecule has 5 fully saturated rings. The second kappa shape index (κ2) is 6.70. The van der Waals surface area contributed by atoms with Crippen LogP contribution in [0.3, 0.4) is 0 Å². The Labute approximate surface area is 214 Å². The molecule has 1 unspecified atom stereocenters. The lowest BCUT2D eigenvalue weighted by Gasteiger charge is -2.55. The highest BCUT2D eigenvalue weighted by atomic mass is 16.5. The number of nitrogens with zero attached hydrogens (tertiary/aromatic N) is 2. The number of nitrogens with two attached hydrogens (primary N) is 1. The summed E-state index contributed by atoms with van der Waals surface area (Å²) in [6.07, 6.45) is 17.9. The van der Waals surface area contributed by atoms with Crippen molar-refractivity contribution in [3.63, 3.8) is 0 Å². The zero-order chi connectivity index (χ0) is 23.9. The molecule has 2 N–H and O–H groups in total. The molecule has 7 aliphatic rings. The van der Waals surface area contributed by atoms with Crippen molar-refractivity contribution in [3.05, 3.63) is 65.5 Å². The summed E-state index contributed by atoms with van der Waals surface area (Å²) in [7, 11) is 0. The maximum Gasteiger partial charge on any atom is 0.0974 e. The fourth-order valence-corrected chi connectivity index (χ4v) is 10.2. The van der Waals surface area contributed by atoms with E-state index < -0.39 is 0 Å². The Kier molecular flexibility index (Phi) is 3.90. The van der Waals surface area contributed by atoms with E-state index in [1.165, 1.54) is 61.3 Å². The Morgan fingerprint density at radius 1 is 1.11 bits per heavy atom. The molecule has 0 radical (unpaired) electrons. The molecular weight excluding hydrogens is 442 g/mol. The fraction of sp³-hybridized carbons (Fsp3) is 0.594. The summed E-state index contributed by atoms with van der Waals surface area (Å²) in [6.45, 7) is 4.76. The Morgan fingerprint density at radius 2 is 2.03 bits per heavy atom. The Bertz CT molecular complexity index is 1360. The van der Waals surface area contributed by atoms with E-state index >= 15 is 0 Å². The number of likely N-dealkylation sites (tertiary alicyclic amines) is 1. The zero-order valence-electron chi connectivity index (χ0n) is 21.3. The van der Waals surface area contributed by atoms with Gasteiger partial charge in [0.1, 0.15) is 0 Å². The monoisotopic (exact) mass is 479 g/mol. The van der Waals surface area contributed by atoms with Crippen molar-refractivity contribution in [2.75, 3.05) is 13.1 Å². The third-order valence-corrected chi connectivity index (χ3v) is 12.0. The van der Waals surface area contributed by atoms with Crippen molar-refractivity contribution in [2.45, 2.75) is 81.1 Å². The molecule has 2 bridgehead atoms. The minimum absolute atomic E-state index is 0.00961. The number of hydrogen-bond acceptors (Lipinski definition) is 4. The molecule has 1 aromatic heterocycles. The molecule has 9 rings (SSSR count). The highest BCUT2D eigenvalue weighted by Crippen LogP contribution is 2.72. The van der Waals surface area contributed by atoms with Crippen LogP contribution in [0.25, 0.3) is 10.8 Å². The Hall–Kier alpha value is -2.01. The topological polar surface area (TPSA) is 51.4 Å². The minimum Gasteiger partial charge on any atom is -0.359 e. The van der Waals surface area contributed by atoms with Crippen LogP contribution in [0.2, 0.25) is 0 Å². The summed E-state index contributed by atoms with van der Waals surface area (Å²) in [6, 6.07) is 10.3. The molecule has 186 valence electrons. The molecule has 3 aliphatic heterocycles. The minimum atomic E-state index is -0.0682. The van der Waals surface area contributed by atoms with Crippen LogP contribution in [-0.4, -0.2) is 46.3 Å². The van der Waals surface area contributed by atoms with Crippen LogP contribution in [0.4, 0.5) is 0 Å². The van der Waals surface area contributed by atoms with Crippen molar-refractivity contribution in [2.24, 2.45) is 28.9 Å². The highest BCUT2D eigenvalue weighted by Gasteiger charge is 2.70. The van der Waals surface area contributed by atoms with Gasteiger partial charge in [0.15, 0.2) is 0 Å². The van der Waals surface area contributed by atoms with E-state index in [4.69, 9.17) is 10.5 Å². The fourth-order valence-electron chi connectivity index (χ4n) is 10.2. The molecule has 2 spiro atoms. The number of ether oxygens (including phenoxy) is 1. The van der Waals surface area contributed by atoms with Crippen LogP contribution in [0.1, 0.15) is 63.4 Å². The van der Waals surface area contributed by atoms with E-state index in [0.717, 1.165) is 24.9 Å². The smallest absolute Gasteiger partial charge is 0.0974 e. The number of hydrogen-bond donors (Lipinski definition) is 1. The van der Waals surface area contributed by atoms with E-state index in [9.17, 15) is 0 Å². The van der Waals surface area contributed by atoms with Crippen molar-refractivity contribution >= 4 is 10.8 Å². The lowest BCUT2D eigenvalue weighted by molar-refractivity contribution is -0.144. The van der Waals surface area contributed by atoms with Crippen LogP contribution < -0.4 is 5.73 Å². The molecule has 2 saturated heterocycles. The number of allylic oxidation sites excluding steroid dienone is 1. The first-order valence-corrected chi connectivity index (χ1v) is 14.5. The van der Waals surface area contributed by atoms with E-state index in [1.54, 1.807) is 11.1 Å². The van der Waals surface area contributed by atoms with Crippen LogP contribution in [0, 0.1) is 23.2 Å². The van der Waals surface area contributed by atoms with Crippen LogP contribution in [-0.2, 0) is 4.74 Å². The predicted molar refractivity (Wildman–Crippen MR) is 141 cm³/mol. The summed E-state index contributed by atoms with van der Waals surface area (Å²) in [5.74, 6) is 2.79. The largest absolute Gasteiger partial charge is 0.359 e. The van der Waals surface area contributed by atoms with Crippen LogP contribution >= 0.6 is 0 Å². The second-order valence-corrected chi connectivity index (χ2v) is 13.6. The summed E-state index contributed by atoms with van der Waals surface area (Å²) < 4.78 is 7.58. The maximum atomic E-state index is 7.58. The van der Waals surface area contributed by atoms with Gasteiger partial charge in [0.2, 0.25) is 0 Å². The third-order valence-electron chi connectivity index (χ3n) is 12.0. The summed E-state index contributed by atoms with van der Waals surface area (Å²) in [4.78, 5) is 7.08. The summed E-state index contributed by atoms with van der Waals surface area (Å²) >= 11 is 0. The molecule has 0 amide bonds. The average molecular weight is 480 g/mol. The lowest BCUT2D eigenvalue weighted by Crippen LogP contribution is -2.63. The molecule has 36 heavy (non-hydrogen) atoms. The van der Waals surface area contributed by atoms with Gasteiger partial charge in [0, 0.05) is 43.0 Å². The SMILES string of the molecule is C[C@]12CC=C3C=C4[C@H]5C[C@H]5[C@@H](N5CC(N)C5)C[C@]45CCC3(O5)[C@@H]1CC[C@@H]2c1ccc2ccncc2c1. The zero-order valence-corrected chi connectivity index (χ0v) is 21.3. The van der Waals surface area contributed by atoms with E-state index in [1.807, 2.05) is 12.4 Å². The molecule has 4 aliphatic carbocycles. The normalized spacial score (nSPS) is 46.8. The van der Waals surface area contributed by atoms with Crippen molar-refractivity contribution in [1.82, 2.24) is 9.88 Å². The molecule has 8 atom stereocenters. The quantitative estimate of drug-likeness (QED) is 0.631. The van der Waals surface area contributed by atoms with Gasteiger partial charge in [-0.3, -0.25) is 9.88 Å². The highest BCUT2D eigenvalue weighted by molar-refractivity contribution is 5.82. The summed E-state index contributed by atoms with van der Waals surface area (Å²) in [5, 5.41) is 2.56. The van der Waals surface area contributed by atoms with Crippen molar-refractivity contribution < 1.29 is 4.74 Å². The molecule has 2 aromatic rings. The van der Waals surface area contributed by atoms with Gasteiger partial charge in [0.25, 0.3) is 0 Å². The van der Waals surface area contributed by atoms with Gasteiger partial charge in [-0.1, -0.05) is 31.2 Å². The first-order valence-electron chi connectivity index (χ1n) is 14.5. The van der Waals surface area contributed by atoms with Gasteiger partial charge in [-0.25, -0.2) is 0 Å². The van der Waals surface area contributed by atoms with Gasteiger partial charge in [0.05, 0.1) is 11.2 Å². The summed E-state index contributed by atoms with van der Waals surface area (Å²) in [5.41, 5.74) is 11.1. The van der Waals surface area contributed by atoms with E-state index in [-0.39, 0.29) is 16.6 Å². The number of pyridine rings is 1. The Morgan fingerprint density at radius 3 is 2.92 bits per heavy atom. The van der Waals surface area contributed by atoms with Gasteiger partial charge < -0.3 is 10.5 Å². The average Bonchev–Trinajstić information content (AvgIpc) is 3.50. The number of aromatic nitrogens is 1. The van der Waals surface area contributed by atoms with E-state index in [2.05, 4.69) is 53.2 Å². The third kappa shape index (κ3) is 2.49. The van der Waals surface area contributed by atoms with Crippen molar-refractivity contribution in [1.29, 1.82) is 0 Å². The Balaban J connectivity index is 1.09. The maximum absolute atomic E-state index is 7.58. The second-order valence-electron chi connectivity index (χ2n) is 13.6.